The van der Waals surface area contributed by atoms with Gasteiger partial charge in [-0.25, -0.2) is 4.99 Å². The number of aliphatic imine (C=N–C) groups is 1. The summed E-state index contributed by atoms with van der Waals surface area (Å²) < 4.78 is 17.4. The highest BCUT2D eigenvalue weighted by atomic mass is 16.5. The van der Waals surface area contributed by atoms with Crippen molar-refractivity contribution in [1.82, 2.24) is 10.2 Å². The SMILES string of the molecule is CCNC(=NCc1ccc(OC2CCCC2)c(OC)c1)N1CCC2(CCOC2)C1. The maximum atomic E-state index is 6.16. The molecular weight excluding hydrogens is 366 g/mol. The molecule has 160 valence electrons. The van der Waals surface area contributed by atoms with Crippen LogP contribution in [0.3, 0.4) is 0 Å². The zero-order chi connectivity index (χ0) is 20.1. The van der Waals surface area contributed by atoms with E-state index >= 15 is 0 Å². The number of rotatable bonds is 6. The smallest absolute Gasteiger partial charge is 0.194 e. The first-order chi connectivity index (χ1) is 14.2. The van der Waals surface area contributed by atoms with E-state index in [1.54, 1.807) is 7.11 Å². The van der Waals surface area contributed by atoms with Crippen LogP contribution in [0.25, 0.3) is 0 Å². The monoisotopic (exact) mass is 401 g/mol. The van der Waals surface area contributed by atoms with Crippen LogP contribution >= 0.6 is 0 Å². The Morgan fingerprint density at radius 1 is 1.28 bits per heavy atom. The Labute approximate surface area is 174 Å². The lowest BCUT2D eigenvalue weighted by Crippen LogP contribution is -2.41. The van der Waals surface area contributed by atoms with E-state index in [-0.39, 0.29) is 0 Å². The Morgan fingerprint density at radius 3 is 2.86 bits per heavy atom. The number of nitrogens with one attached hydrogen (secondary N) is 1. The first-order valence-electron chi connectivity index (χ1n) is 11.2. The molecule has 1 atom stereocenters. The summed E-state index contributed by atoms with van der Waals surface area (Å²) in [5, 5.41) is 3.47. The summed E-state index contributed by atoms with van der Waals surface area (Å²) in [5.74, 6) is 2.65. The molecule has 1 unspecified atom stereocenters. The highest BCUT2D eigenvalue weighted by Crippen LogP contribution is 2.38. The first kappa shape index (κ1) is 20.3. The zero-order valence-electron chi connectivity index (χ0n) is 17.9. The van der Waals surface area contributed by atoms with Gasteiger partial charge in [0, 0.05) is 31.7 Å². The molecule has 1 aliphatic carbocycles. The molecule has 2 heterocycles. The van der Waals surface area contributed by atoms with Gasteiger partial charge in [-0.05, 0) is 63.1 Å². The Bertz CT molecular complexity index is 709. The van der Waals surface area contributed by atoms with E-state index in [1.807, 2.05) is 6.07 Å². The van der Waals surface area contributed by atoms with Gasteiger partial charge in [0.25, 0.3) is 0 Å². The summed E-state index contributed by atoms with van der Waals surface area (Å²) in [4.78, 5) is 7.32. The molecule has 1 aromatic rings. The fourth-order valence-electron chi connectivity index (χ4n) is 4.77. The van der Waals surface area contributed by atoms with Gasteiger partial charge in [-0.2, -0.15) is 0 Å². The van der Waals surface area contributed by atoms with Gasteiger partial charge in [-0.15, -0.1) is 0 Å². The molecular formula is C23H35N3O3. The van der Waals surface area contributed by atoms with Crippen LogP contribution in [0.15, 0.2) is 23.2 Å². The quantitative estimate of drug-likeness (QED) is 0.583. The Kier molecular flexibility index (Phi) is 6.48. The van der Waals surface area contributed by atoms with Gasteiger partial charge in [0.15, 0.2) is 17.5 Å². The fourth-order valence-corrected chi connectivity index (χ4v) is 4.77. The van der Waals surface area contributed by atoms with E-state index in [4.69, 9.17) is 19.2 Å². The second-order valence-electron chi connectivity index (χ2n) is 8.65. The van der Waals surface area contributed by atoms with Gasteiger partial charge >= 0.3 is 0 Å². The average Bonchev–Trinajstić information content (AvgIpc) is 3.50. The van der Waals surface area contributed by atoms with Gasteiger partial charge < -0.3 is 24.4 Å². The molecule has 29 heavy (non-hydrogen) atoms. The minimum absolute atomic E-state index is 0.329. The van der Waals surface area contributed by atoms with Crippen LogP contribution in [-0.2, 0) is 11.3 Å². The fraction of sp³-hybridized carbons (Fsp3) is 0.696. The first-order valence-corrected chi connectivity index (χ1v) is 11.2. The molecule has 4 rings (SSSR count). The number of guanidine groups is 1. The average molecular weight is 402 g/mol. The van der Waals surface area contributed by atoms with Crippen molar-refractivity contribution in [2.24, 2.45) is 10.4 Å². The predicted octanol–water partition coefficient (Wildman–Crippen LogP) is 3.59. The number of nitrogens with zero attached hydrogens (tertiary/aromatic N) is 2. The highest BCUT2D eigenvalue weighted by Gasteiger charge is 2.42. The molecule has 2 aliphatic heterocycles. The van der Waals surface area contributed by atoms with Gasteiger partial charge in [-0.1, -0.05) is 6.07 Å². The molecule has 0 radical (unpaired) electrons. The number of benzene rings is 1. The molecule has 3 aliphatic rings. The molecule has 1 saturated carbocycles. The molecule has 0 bridgehead atoms. The molecule has 1 aromatic carbocycles. The second-order valence-corrected chi connectivity index (χ2v) is 8.65. The van der Waals surface area contributed by atoms with E-state index in [1.165, 1.54) is 25.7 Å². The zero-order valence-corrected chi connectivity index (χ0v) is 17.9. The number of likely N-dealkylation sites (tertiary alicyclic amines) is 1. The highest BCUT2D eigenvalue weighted by molar-refractivity contribution is 5.80. The van der Waals surface area contributed by atoms with Crippen LogP contribution in [-0.4, -0.2) is 56.9 Å². The number of methoxy groups -OCH3 is 1. The summed E-state index contributed by atoms with van der Waals surface area (Å²) in [7, 11) is 1.71. The lowest BCUT2D eigenvalue weighted by Gasteiger charge is -2.25. The summed E-state index contributed by atoms with van der Waals surface area (Å²) in [5.41, 5.74) is 1.47. The number of ether oxygens (including phenoxy) is 3. The van der Waals surface area contributed by atoms with Crippen LogP contribution in [0.4, 0.5) is 0 Å². The largest absolute Gasteiger partial charge is 0.493 e. The van der Waals surface area contributed by atoms with Crippen LogP contribution in [0.1, 0.15) is 51.0 Å². The molecule has 1 N–H and O–H groups in total. The lowest BCUT2D eigenvalue weighted by molar-refractivity contribution is 0.156. The van der Waals surface area contributed by atoms with Crippen molar-refractivity contribution >= 4 is 5.96 Å². The molecule has 3 fully saturated rings. The van der Waals surface area contributed by atoms with Crippen LogP contribution in [0.5, 0.6) is 11.5 Å². The van der Waals surface area contributed by atoms with E-state index in [2.05, 4.69) is 29.3 Å². The van der Waals surface area contributed by atoms with Gasteiger partial charge in [0.1, 0.15) is 0 Å². The van der Waals surface area contributed by atoms with Crippen LogP contribution in [0, 0.1) is 5.41 Å². The standard InChI is InChI=1S/C23H35N3O3/c1-3-24-22(26-12-10-23(16-26)11-13-28-17-23)25-15-18-8-9-20(21(14-18)27-2)29-19-6-4-5-7-19/h8-9,14,19H,3-7,10-13,15-17H2,1-2H3,(H,24,25). The van der Waals surface area contributed by atoms with E-state index in [9.17, 15) is 0 Å². The summed E-state index contributed by atoms with van der Waals surface area (Å²) in [6.07, 6.45) is 7.50. The summed E-state index contributed by atoms with van der Waals surface area (Å²) in [6, 6.07) is 6.21. The van der Waals surface area contributed by atoms with E-state index in [0.717, 1.165) is 68.7 Å². The van der Waals surface area contributed by atoms with Crippen molar-refractivity contribution in [3.05, 3.63) is 23.8 Å². The van der Waals surface area contributed by atoms with Crippen molar-refractivity contribution < 1.29 is 14.2 Å². The topological polar surface area (TPSA) is 55.3 Å². The van der Waals surface area contributed by atoms with Gasteiger partial charge in [-0.3, -0.25) is 0 Å². The number of hydrogen-bond acceptors (Lipinski definition) is 4. The van der Waals surface area contributed by atoms with Crippen molar-refractivity contribution in [2.75, 3.05) is 40.0 Å². The Hall–Kier alpha value is -1.95. The van der Waals surface area contributed by atoms with Crippen molar-refractivity contribution in [2.45, 2.75) is 58.1 Å². The third kappa shape index (κ3) is 4.80. The van der Waals surface area contributed by atoms with Gasteiger partial charge in [0.05, 0.1) is 26.4 Å². The minimum atomic E-state index is 0.329. The normalized spacial score (nSPS) is 25.2. The van der Waals surface area contributed by atoms with Crippen molar-refractivity contribution in [1.29, 1.82) is 0 Å². The van der Waals surface area contributed by atoms with E-state index in [0.29, 0.717) is 18.1 Å². The van der Waals surface area contributed by atoms with Crippen molar-refractivity contribution in [3.63, 3.8) is 0 Å². The molecule has 0 aromatic heterocycles. The Balaban J connectivity index is 1.42. The van der Waals surface area contributed by atoms with Gasteiger partial charge in [0.2, 0.25) is 0 Å². The second kappa shape index (κ2) is 9.24. The molecule has 1 spiro atoms. The third-order valence-corrected chi connectivity index (χ3v) is 6.49. The van der Waals surface area contributed by atoms with Crippen LogP contribution in [0.2, 0.25) is 0 Å². The number of hydrogen-bond donors (Lipinski definition) is 1. The maximum Gasteiger partial charge on any atom is 0.194 e. The Morgan fingerprint density at radius 2 is 2.14 bits per heavy atom. The molecule has 6 heteroatoms. The van der Waals surface area contributed by atoms with Crippen LogP contribution < -0.4 is 14.8 Å². The van der Waals surface area contributed by atoms with E-state index < -0.39 is 0 Å². The summed E-state index contributed by atoms with van der Waals surface area (Å²) in [6.45, 7) is 7.50. The molecule has 6 nitrogen and oxygen atoms in total. The van der Waals surface area contributed by atoms with Crippen molar-refractivity contribution in [3.8, 4) is 11.5 Å². The minimum Gasteiger partial charge on any atom is -0.493 e. The molecule has 0 amide bonds. The molecule has 2 saturated heterocycles. The predicted molar refractivity (Wildman–Crippen MR) is 115 cm³/mol. The summed E-state index contributed by atoms with van der Waals surface area (Å²) >= 11 is 0. The third-order valence-electron chi connectivity index (χ3n) is 6.49. The maximum absolute atomic E-state index is 6.16. The lowest BCUT2D eigenvalue weighted by atomic mass is 9.87.